The molecule has 9 aromatic rings. The van der Waals surface area contributed by atoms with Crippen LogP contribution in [0, 0.1) is 0 Å². The standard InChI is InChI=1S/C54H40N2/c1-4-20-39(21-5-1)44-28-10-14-33-49(44)56(50-34-15-11-29-45(50)40-22-6-2-7-23-40)51-35-16-12-30-46(51)41-24-18-25-42(38-41)47-32-19-37-53-54(47)48-31-13-17-36-52(48)55(53)43-26-8-3-9-27-43/h1-23,25-38,41H,24H2. The maximum Gasteiger partial charge on any atom is 0.0547 e. The molecule has 1 heterocycles. The number of anilines is 3. The van der Waals surface area contributed by atoms with E-state index in [4.69, 9.17) is 0 Å². The molecular weight excluding hydrogens is 677 g/mol. The molecule has 56 heavy (non-hydrogen) atoms. The normalized spacial score (nSPS) is 13.9. The maximum absolute atomic E-state index is 2.51. The highest BCUT2D eigenvalue weighted by Gasteiger charge is 2.26. The summed E-state index contributed by atoms with van der Waals surface area (Å²) in [6, 6.07) is 74.5. The molecule has 1 unspecified atom stereocenters. The zero-order valence-corrected chi connectivity index (χ0v) is 31.0. The average Bonchev–Trinajstić information content (AvgIpc) is 3.63. The highest BCUT2D eigenvalue weighted by molar-refractivity contribution is 6.14. The van der Waals surface area contributed by atoms with Crippen molar-refractivity contribution >= 4 is 44.4 Å². The predicted octanol–water partition coefficient (Wildman–Crippen LogP) is 14.7. The van der Waals surface area contributed by atoms with Crippen molar-refractivity contribution in [3.05, 3.63) is 236 Å². The summed E-state index contributed by atoms with van der Waals surface area (Å²) in [4.78, 5) is 2.50. The first-order chi connectivity index (χ1) is 27.8. The van der Waals surface area contributed by atoms with Gasteiger partial charge in [0.25, 0.3) is 0 Å². The van der Waals surface area contributed by atoms with Crippen molar-refractivity contribution in [1.82, 2.24) is 4.57 Å². The molecule has 0 N–H and O–H groups in total. The Hall–Kier alpha value is -7.16. The van der Waals surface area contributed by atoms with Crippen molar-refractivity contribution in [1.29, 1.82) is 0 Å². The number of rotatable bonds is 8. The third-order valence-electron chi connectivity index (χ3n) is 11.1. The first-order valence-corrected chi connectivity index (χ1v) is 19.5. The van der Waals surface area contributed by atoms with E-state index in [1.165, 1.54) is 72.1 Å². The van der Waals surface area contributed by atoms with Gasteiger partial charge in [0, 0.05) is 39.2 Å². The molecule has 8 aromatic carbocycles. The molecule has 0 amide bonds. The van der Waals surface area contributed by atoms with E-state index < -0.39 is 0 Å². The van der Waals surface area contributed by atoms with E-state index in [1.54, 1.807) is 0 Å². The Labute approximate surface area is 328 Å². The zero-order valence-electron chi connectivity index (χ0n) is 31.0. The van der Waals surface area contributed by atoms with Crippen LogP contribution in [0.1, 0.15) is 23.5 Å². The van der Waals surface area contributed by atoms with Gasteiger partial charge < -0.3 is 9.47 Å². The molecule has 0 radical (unpaired) electrons. The van der Waals surface area contributed by atoms with Gasteiger partial charge >= 0.3 is 0 Å². The molecule has 1 aliphatic rings. The van der Waals surface area contributed by atoms with Gasteiger partial charge in [0.2, 0.25) is 0 Å². The number of hydrogen-bond acceptors (Lipinski definition) is 1. The van der Waals surface area contributed by atoms with Crippen LogP contribution in [0.15, 0.2) is 224 Å². The van der Waals surface area contributed by atoms with Crippen LogP contribution in [-0.2, 0) is 0 Å². The second-order valence-electron chi connectivity index (χ2n) is 14.4. The Kier molecular flexibility index (Phi) is 8.70. The van der Waals surface area contributed by atoms with Gasteiger partial charge in [-0.05, 0) is 76.7 Å². The number of allylic oxidation sites excluding steroid dienone is 4. The number of benzene rings is 8. The fraction of sp³-hybridized carbons (Fsp3) is 0.0370. The number of nitrogens with zero attached hydrogens (tertiary/aromatic N) is 2. The van der Waals surface area contributed by atoms with Gasteiger partial charge in [-0.2, -0.15) is 0 Å². The molecule has 1 atom stereocenters. The minimum atomic E-state index is 0.152. The summed E-state index contributed by atoms with van der Waals surface area (Å²) < 4.78 is 2.40. The molecule has 266 valence electrons. The summed E-state index contributed by atoms with van der Waals surface area (Å²) in [5.41, 5.74) is 15.6. The number of aromatic nitrogens is 1. The van der Waals surface area contributed by atoms with Crippen molar-refractivity contribution in [2.24, 2.45) is 0 Å². The summed E-state index contributed by atoms with van der Waals surface area (Å²) >= 11 is 0. The minimum Gasteiger partial charge on any atom is -0.309 e. The van der Waals surface area contributed by atoms with E-state index in [0.717, 1.165) is 17.8 Å². The maximum atomic E-state index is 2.51. The number of fused-ring (bicyclic) bond motifs is 3. The lowest BCUT2D eigenvalue weighted by molar-refractivity contribution is 0.855. The summed E-state index contributed by atoms with van der Waals surface area (Å²) in [7, 11) is 0. The van der Waals surface area contributed by atoms with Crippen molar-refractivity contribution in [3.8, 4) is 27.9 Å². The molecule has 2 heteroatoms. The van der Waals surface area contributed by atoms with E-state index in [2.05, 4.69) is 234 Å². The Morgan fingerprint density at radius 3 is 1.62 bits per heavy atom. The van der Waals surface area contributed by atoms with Crippen LogP contribution >= 0.6 is 0 Å². The Morgan fingerprint density at radius 1 is 0.429 bits per heavy atom. The third-order valence-corrected chi connectivity index (χ3v) is 11.1. The van der Waals surface area contributed by atoms with Crippen LogP contribution in [0.3, 0.4) is 0 Å². The lowest BCUT2D eigenvalue weighted by Gasteiger charge is -2.33. The van der Waals surface area contributed by atoms with Crippen LogP contribution in [0.5, 0.6) is 0 Å². The van der Waals surface area contributed by atoms with Gasteiger partial charge in [0.1, 0.15) is 0 Å². The van der Waals surface area contributed by atoms with Crippen molar-refractivity contribution in [2.75, 3.05) is 4.90 Å². The van der Waals surface area contributed by atoms with Crippen molar-refractivity contribution in [2.45, 2.75) is 12.3 Å². The molecule has 1 aliphatic carbocycles. The van der Waals surface area contributed by atoms with E-state index in [-0.39, 0.29) is 5.92 Å². The van der Waals surface area contributed by atoms with Crippen molar-refractivity contribution < 1.29 is 0 Å². The smallest absolute Gasteiger partial charge is 0.0547 e. The lowest BCUT2D eigenvalue weighted by atomic mass is 9.85. The van der Waals surface area contributed by atoms with Gasteiger partial charge in [-0.15, -0.1) is 0 Å². The largest absolute Gasteiger partial charge is 0.309 e. The van der Waals surface area contributed by atoms with Crippen LogP contribution in [-0.4, -0.2) is 4.57 Å². The Balaban J connectivity index is 1.16. The van der Waals surface area contributed by atoms with Gasteiger partial charge in [-0.25, -0.2) is 0 Å². The first-order valence-electron chi connectivity index (χ1n) is 19.5. The monoisotopic (exact) mass is 716 g/mol. The molecule has 0 saturated carbocycles. The van der Waals surface area contributed by atoms with E-state index in [9.17, 15) is 0 Å². The van der Waals surface area contributed by atoms with E-state index in [0.29, 0.717) is 0 Å². The second kappa shape index (κ2) is 14.6. The molecule has 0 bridgehead atoms. The second-order valence-corrected chi connectivity index (χ2v) is 14.4. The SMILES string of the molecule is C1=CC(c2cccc3c2c2ccccc2n3-c2ccccc2)=CC(c2ccccc2N(c2ccccc2-c2ccccc2)c2ccccc2-c2ccccc2)C1. The third kappa shape index (κ3) is 5.93. The first kappa shape index (κ1) is 33.4. The molecule has 0 spiro atoms. The van der Waals surface area contributed by atoms with Crippen molar-refractivity contribution in [3.63, 3.8) is 0 Å². The fourth-order valence-electron chi connectivity index (χ4n) is 8.65. The number of hydrogen-bond donors (Lipinski definition) is 0. The molecular formula is C54H40N2. The topological polar surface area (TPSA) is 8.17 Å². The van der Waals surface area contributed by atoms with Crippen LogP contribution in [0.4, 0.5) is 17.1 Å². The van der Waals surface area contributed by atoms with Crippen LogP contribution in [0.25, 0.3) is 55.3 Å². The van der Waals surface area contributed by atoms with Crippen LogP contribution < -0.4 is 4.90 Å². The average molecular weight is 717 g/mol. The van der Waals surface area contributed by atoms with E-state index >= 15 is 0 Å². The molecule has 2 nitrogen and oxygen atoms in total. The van der Waals surface area contributed by atoms with Gasteiger partial charge in [0.15, 0.2) is 0 Å². The Bertz CT molecular complexity index is 2800. The highest BCUT2D eigenvalue weighted by atomic mass is 15.1. The summed E-state index contributed by atoms with van der Waals surface area (Å²) in [6.45, 7) is 0. The van der Waals surface area contributed by atoms with E-state index in [1.807, 2.05) is 0 Å². The lowest BCUT2D eigenvalue weighted by Crippen LogP contribution is -2.15. The zero-order chi connectivity index (χ0) is 37.3. The number of para-hydroxylation sites is 5. The molecule has 0 saturated heterocycles. The summed E-state index contributed by atoms with van der Waals surface area (Å²) in [5.74, 6) is 0.152. The quantitative estimate of drug-likeness (QED) is 0.152. The minimum absolute atomic E-state index is 0.152. The molecule has 0 fully saturated rings. The molecule has 0 aliphatic heterocycles. The van der Waals surface area contributed by atoms with Gasteiger partial charge in [0.05, 0.1) is 22.4 Å². The summed E-state index contributed by atoms with van der Waals surface area (Å²) in [6.07, 6.45) is 8.12. The predicted molar refractivity (Wildman–Crippen MR) is 237 cm³/mol. The summed E-state index contributed by atoms with van der Waals surface area (Å²) in [5, 5.41) is 2.55. The highest BCUT2D eigenvalue weighted by Crippen LogP contribution is 2.48. The van der Waals surface area contributed by atoms with Gasteiger partial charge in [-0.1, -0.05) is 182 Å². The van der Waals surface area contributed by atoms with Gasteiger partial charge in [-0.3, -0.25) is 0 Å². The molecule has 10 rings (SSSR count). The van der Waals surface area contributed by atoms with Crippen LogP contribution in [0.2, 0.25) is 0 Å². The fourth-order valence-corrected chi connectivity index (χ4v) is 8.65. The Morgan fingerprint density at radius 2 is 0.946 bits per heavy atom. The molecule has 1 aromatic heterocycles.